The normalized spacial score (nSPS) is 25.8. The molecule has 1 heterocycles. The number of carbonyl (C=O) groups is 1. The summed E-state index contributed by atoms with van der Waals surface area (Å²) in [6.07, 6.45) is 10.1. The van der Waals surface area contributed by atoms with E-state index < -0.39 is 5.91 Å². The van der Waals surface area contributed by atoms with E-state index in [1.54, 1.807) is 24.3 Å². The van der Waals surface area contributed by atoms with Gasteiger partial charge in [-0.2, -0.15) is 10.5 Å². The van der Waals surface area contributed by atoms with Crippen molar-refractivity contribution < 1.29 is 9.53 Å². The second-order valence-electron chi connectivity index (χ2n) is 10.3. The smallest absolute Gasteiger partial charge is 0.241 e. The SMILES string of the molecule is N#CCOc1cc(Nc2cc(N)c(C#N)c(NC34CC5CC(CC(C5)C3)C4)n2)ccc1/C=C/C(N)=O. The largest absolute Gasteiger partial charge is 0.478 e. The van der Waals surface area contributed by atoms with Crippen molar-refractivity contribution in [2.45, 2.75) is 44.1 Å². The number of nitrogens with one attached hydrogen (secondary N) is 2. The van der Waals surface area contributed by atoms with E-state index in [9.17, 15) is 10.1 Å². The number of nitrogens with zero attached hydrogens (tertiary/aromatic N) is 3. The molecule has 0 radical (unpaired) electrons. The second kappa shape index (κ2) is 9.43. The molecule has 184 valence electrons. The number of benzene rings is 1. The molecule has 4 aliphatic rings. The van der Waals surface area contributed by atoms with Crippen LogP contribution in [0.1, 0.15) is 49.7 Å². The Bertz CT molecular complexity index is 1270. The maximum atomic E-state index is 11.1. The van der Waals surface area contributed by atoms with E-state index in [0.29, 0.717) is 39.9 Å². The first-order valence-corrected chi connectivity index (χ1v) is 12.2. The Morgan fingerprint density at radius 1 is 1.17 bits per heavy atom. The highest BCUT2D eigenvalue weighted by Gasteiger charge is 2.51. The van der Waals surface area contributed by atoms with Gasteiger partial charge in [0.05, 0.1) is 5.69 Å². The molecule has 2 aromatic rings. The van der Waals surface area contributed by atoms with Crippen molar-refractivity contribution in [2.75, 3.05) is 23.0 Å². The van der Waals surface area contributed by atoms with Gasteiger partial charge in [-0.1, -0.05) is 0 Å². The Hall–Kier alpha value is -4.24. The van der Waals surface area contributed by atoms with Gasteiger partial charge in [0, 0.05) is 35.0 Å². The molecule has 1 aromatic heterocycles. The first kappa shape index (κ1) is 23.5. The van der Waals surface area contributed by atoms with Crippen LogP contribution >= 0.6 is 0 Å². The molecule has 9 heteroatoms. The molecule has 0 spiro atoms. The van der Waals surface area contributed by atoms with Crippen molar-refractivity contribution in [1.29, 1.82) is 10.5 Å². The molecule has 6 N–H and O–H groups in total. The molecule has 4 fully saturated rings. The van der Waals surface area contributed by atoms with Gasteiger partial charge in [0.1, 0.15) is 35.1 Å². The summed E-state index contributed by atoms with van der Waals surface area (Å²) in [6, 6.07) is 11.1. The van der Waals surface area contributed by atoms with Crippen LogP contribution in [0.4, 0.5) is 23.0 Å². The number of anilines is 4. The lowest BCUT2D eigenvalue weighted by molar-refractivity contribution is -0.113. The summed E-state index contributed by atoms with van der Waals surface area (Å²) in [5.41, 5.74) is 13.4. The van der Waals surface area contributed by atoms with Crippen LogP contribution in [0.5, 0.6) is 5.75 Å². The minimum absolute atomic E-state index is 0.0227. The molecule has 36 heavy (non-hydrogen) atoms. The molecule has 0 unspecified atom stereocenters. The molecule has 1 aromatic carbocycles. The summed E-state index contributed by atoms with van der Waals surface area (Å²) < 4.78 is 5.53. The third-order valence-electron chi connectivity index (χ3n) is 7.59. The van der Waals surface area contributed by atoms with E-state index in [0.717, 1.165) is 37.0 Å². The number of nitrogen functional groups attached to an aromatic ring is 1. The highest BCUT2D eigenvalue weighted by molar-refractivity contribution is 5.90. The second-order valence-corrected chi connectivity index (χ2v) is 10.3. The van der Waals surface area contributed by atoms with Gasteiger partial charge < -0.3 is 26.8 Å². The number of nitrogens with two attached hydrogens (primary N) is 2. The van der Waals surface area contributed by atoms with Crippen molar-refractivity contribution in [1.82, 2.24) is 4.98 Å². The number of hydrogen-bond donors (Lipinski definition) is 4. The predicted molar refractivity (Wildman–Crippen MR) is 137 cm³/mol. The van der Waals surface area contributed by atoms with Crippen LogP contribution in [-0.2, 0) is 4.79 Å². The van der Waals surface area contributed by atoms with E-state index in [1.807, 2.05) is 6.07 Å². The minimum Gasteiger partial charge on any atom is -0.478 e. The lowest BCUT2D eigenvalue weighted by Gasteiger charge is -2.57. The summed E-state index contributed by atoms with van der Waals surface area (Å²) >= 11 is 0. The summed E-state index contributed by atoms with van der Waals surface area (Å²) in [6.45, 7) is -0.151. The molecular formula is C27H29N7O2. The predicted octanol–water partition coefficient (Wildman–Crippen LogP) is 4.06. The van der Waals surface area contributed by atoms with Crippen molar-refractivity contribution in [3.8, 4) is 17.9 Å². The average molecular weight is 484 g/mol. The number of aromatic nitrogens is 1. The Morgan fingerprint density at radius 2 is 1.86 bits per heavy atom. The van der Waals surface area contributed by atoms with E-state index in [2.05, 4.69) is 16.7 Å². The standard InChI is InChI=1S/C27H29N7O2/c28-5-6-36-23-10-20(3-1-19(23)2-4-24(31)35)32-25-11-22(30)21(15-29)26(33-25)34-27-12-16-7-17(13-27)9-18(8-16)14-27/h1-4,10-11,16-18H,6-9,12-14H2,(H2,31,35)(H4,30,32,33,34)/b4-2+. The van der Waals surface area contributed by atoms with E-state index in [4.69, 9.17) is 26.5 Å². The lowest BCUT2D eigenvalue weighted by Crippen LogP contribution is -2.55. The van der Waals surface area contributed by atoms with Gasteiger partial charge in [-0.05, 0) is 74.5 Å². The van der Waals surface area contributed by atoms with Gasteiger partial charge in [0.25, 0.3) is 0 Å². The monoisotopic (exact) mass is 483 g/mol. The van der Waals surface area contributed by atoms with Crippen LogP contribution in [-0.4, -0.2) is 23.0 Å². The van der Waals surface area contributed by atoms with Gasteiger partial charge in [-0.3, -0.25) is 4.79 Å². The number of carbonyl (C=O) groups excluding carboxylic acids is 1. The van der Waals surface area contributed by atoms with Gasteiger partial charge in [0.2, 0.25) is 5.91 Å². The number of nitriles is 2. The van der Waals surface area contributed by atoms with Crippen LogP contribution in [0.15, 0.2) is 30.3 Å². The first-order valence-electron chi connectivity index (χ1n) is 12.2. The van der Waals surface area contributed by atoms with E-state index in [-0.39, 0.29) is 12.1 Å². The molecule has 6 rings (SSSR count). The summed E-state index contributed by atoms with van der Waals surface area (Å²) in [5, 5.41) is 25.7. The van der Waals surface area contributed by atoms with Gasteiger partial charge in [0.15, 0.2) is 6.61 Å². The maximum absolute atomic E-state index is 11.1. The highest BCUT2D eigenvalue weighted by Crippen LogP contribution is 2.56. The van der Waals surface area contributed by atoms with E-state index in [1.165, 1.54) is 31.4 Å². The Morgan fingerprint density at radius 3 is 2.47 bits per heavy atom. The fourth-order valence-electron chi connectivity index (χ4n) is 6.66. The van der Waals surface area contributed by atoms with Crippen LogP contribution in [0.2, 0.25) is 0 Å². The molecule has 0 atom stereocenters. The quantitative estimate of drug-likeness (QED) is 0.408. The number of amides is 1. The molecule has 0 saturated heterocycles. The Labute approximate surface area is 210 Å². The summed E-state index contributed by atoms with van der Waals surface area (Å²) in [5.74, 6) is 3.09. The summed E-state index contributed by atoms with van der Waals surface area (Å²) in [7, 11) is 0. The molecular weight excluding hydrogens is 454 g/mol. The Balaban J connectivity index is 1.42. The van der Waals surface area contributed by atoms with Crippen LogP contribution in [0, 0.1) is 40.4 Å². The van der Waals surface area contributed by atoms with Gasteiger partial charge in [-0.25, -0.2) is 4.98 Å². The van der Waals surface area contributed by atoms with Crippen molar-refractivity contribution in [3.05, 3.63) is 41.5 Å². The third-order valence-corrected chi connectivity index (χ3v) is 7.59. The number of pyridine rings is 1. The highest BCUT2D eigenvalue weighted by atomic mass is 16.5. The third kappa shape index (κ3) is 4.78. The van der Waals surface area contributed by atoms with Crippen molar-refractivity contribution in [3.63, 3.8) is 0 Å². The minimum atomic E-state index is -0.584. The number of hydrogen-bond acceptors (Lipinski definition) is 8. The maximum Gasteiger partial charge on any atom is 0.241 e. The van der Waals surface area contributed by atoms with Crippen molar-refractivity contribution in [2.24, 2.45) is 23.5 Å². The Kier molecular flexibility index (Phi) is 6.15. The summed E-state index contributed by atoms with van der Waals surface area (Å²) in [4.78, 5) is 15.9. The molecule has 4 bridgehead atoms. The topological polar surface area (TPSA) is 163 Å². The molecule has 4 saturated carbocycles. The number of ether oxygens (including phenoxy) is 1. The fraction of sp³-hybridized carbons (Fsp3) is 0.407. The molecule has 4 aliphatic carbocycles. The molecule has 1 amide bonds. The fourth-order valence-corrected chi connectivity index (χ4v) is 6.66. The van der Waals surface area contributed by atoms with Crippen molar-refractivity contribution >= 4 is 35.0 Å². The van der Waals surface area contributed by atoms with E-state index >= 15 is 0 Å². The van der Waals surface area contributed by atoms with Crippen LogP contribution in [0.3, 0.4) is 0 Å². The first-order chi connectivity index (χ1) is 17.4. The van der Waals surface area contributed by atoms with Crippen LogP contribution < -0.4 is 26.8 Å². The molecule has 0 aliphatic heterocycles. The zero-order valence-corrected chi connectivity index (χ0v) is 20.0. The van der Waals surface area contributed by atoms with Gasteiger partial charge >= 0.3 is 0 Å². The number of primary amides is 1. The average Bonchev–Trinajstić information content (AvgIpc) is 2.81. The zero-order valence-electron chi connectivity index (χ0n) is 20.0. The number of rotatable bonds is 8. The van der Waals surface area contributed by atoms with Gasteiger partial charge in [-0.15, -0.1) is 0 Å². The zero-order chi connectivity index (χ0) is 25.3. The lowest BCUT2D eigenvalue weighted by atomic mass is 9.53. The van der Waals surface area contributed by atoms with Crippen LogP contribution in [0.25, 0.3) is 6.08 Å². The molecule has 9 nitrogen and oxygen atoms in total.